The van der Waals surface area contributed by atoms with Gasteiger partial charge in [-0.1, -0.05) is 0 Å². The summed E-state index contributed by atoms with van der Waals surface area (Å²) < 4.78 is 26.9. The minimum Gasteiger partial charge on any atom is -0.320 e. The van der Waals surface area contributed by atoms with Gasteiger partial charge in [0.05, 0.1) is 12.8 Å². The van der Waals surface area contributed by atoms with Crippen LogP contribution in [0.5, 0.6) is 0 Å². The number of nitrogens with zero attached hydrogens (tertiary/aromatic N) is 3. The summed E-state index contributed by atoms with van der Waals surface area (Å²) in [6.45, 7) is 1.53. The van der Waals surface area contributed by atoms with E-state index in [2.05, 4.69) is 5.32 Å². The normalized spacial score (nSPS) is 23.4. The molecular formula is C16H24N4O4S. The summed E-state index contributed by atoms with van der Waals surface area (Å²) in [7, 11) is 0.340. The number of piperidine rings is 1. The Morgan fingerprint density at radius 3 is 2.64 bits per heavy atom. The summed E-state index contributed by atoms with van der Waals surface area (Å²) in [5, 5.41) is 2.67. The standard InChI is InChI=1S/C16H24N4O4S/c1-18(2)10-15(21)17-13-4-5-14-12-6-11(8-20(14)16(13)22)7-19(9-12)25(3,23)24/h4-5,11-12H,6-10H2,1-3H3,(H,17,21). The van der Waals surface area contributed by atoms with E-state index < -0.39 is 10.0 Å². The number of anilines is 1. The van der Waals surface area contributed by atoms with E-state index in [1.807, 2.05) is 6.07 Å². The molecule has 8 nitrogen and oxygen atoms in total. The summed E-state index contributed by atoms with van der Waals surface area (Å²) in [4.78, 5) is 26.4. The molecule has 2 aliphatic heterocycles. The molecule has 1 aromatic rings. The molecule has 0 radical (unpaired) electrons. The molecule has 1 fully saturated rings. The zero-order valence-electron chi connectivity index (χ0n) is 14.7. The Morgan fingerprint density at radius 1 is 1.28 bits per heavy atom. The molecule has 2 bridgehead atoms. The lowest BCUT2D eigenvalue weighted by molar-refractivity contribution is -0.116. The summed E-state index contributed by atoms with van der Waals surface area (Å²) >= 11 is 0. The third kappa shape index (κ3) is 3.78. The molecule has 2 unspecified atom stereocenters. The van der Waals surface area contributed by atoms with Crippen molar-refractivity contribution in [1.29, 1.82) is 0 Å². The molecular weight excluding hydrogens is 344 g/mol. The largest absolute Gasteiger partial charge is 0.320 e. The molecule has 0 saturated carbocycles. The Labute approximate surface area is 147 Å². The van der Waals surface area contributed by atoms with E-state index in [0.717, 1.165) is 12.1 Å². The number of carbonyl (C=O) groups is 1. The van der Waals surface area contributed by atoms with Crippen LogP contribution in [0.4, 0.5) is 5.69 Å². The highest BCUT2D eigenvalue weighted by Crippen LogP contribution is 2.36. The van der Waals surface area contributed by atoms with E-state index in [4.69, 9.17) is 0 Å². The lowest BCUT2D eigenvalue weighted by atomic mass is 9.84. The van der Waals surface area contributed by atoms with Crippen molar-refractivity contribution >= 4 is 21.6 Å². The Hall–Kier alpha value is -1.71. The molecule has 0 spiro atoms. The average molecular weight is 368 g/mol. The van der Waals surface area contributed by atoms with Crippen LogP contribution in [0.1, 0.15) is 18.0 Å². The van der Waals surface area contributed by atoms with Crippen molar-refractivity contribution in [2.75, 3.05) is 45.3 Å². The van der Waals surface area contributed by atoms with Gasteiger partial charge in [-0.05, 0) is 38.6 Å². The molecule has 2 aliphatic rings. The first-order valence-electron chi connectivity index (χ1n) is 8.28. The molecule has 9 heteroatoms. The third-order valence-corrected chi connectivity index (χ3v) is 6.01. The van der Waals surface area contributed by atoms with Gasteiger partial charge in [0.15, 0.2) is 0 Å². The van der Waals surface area contributed by atoms with Gasteiger partial charge in [-0.15, -0.1) is 0 Å². The van der Waals surface area contributed by atoms with Crippen LogP contribution in [-0.4, -0.2) is 68.1 Å². The van der Waals surface area contributed by atoms with Gasteiger partial charge in [0.1, 0.15) is 5.69 Å². The molecule has 1 saturated heterocycles. The quantitative estimate of drug-likeness (QED) is 0.790. The van der Waals surface area contributed by atoms with Gasteiger partial charge in [-0.2, -0.15) is 0 Å². The summed E-state index contributed by atoms with van der Waals surface area (Å²) in [6, 6.07) is 3.46. The molecule has 3 heterocycles. The highest BCUT2D eigenvalue weighted by atomic mass is 32.2. The number of hydrogen-bond donors (Lipinski definition) is 1. The molecule has 2 atom stereocenters. The van der Waals surface area contributed by atoms with Crippen LogP contribution < -0.4 is 10.9 Å². The van der Waals surface area contributed by atoms with Crippen LogP contribution in [0.15, 0.2) is 16.9 Å². The first-order chi connectivity index (χ1) is 11.6. The average Bonchev–Trinajstić information content (AvgIpc) is 2.48. The van der Waals surface area contributed by atoms with E-state index in [9.17, 15) is 18.0 Å². The van der Waals surface area contributed by atoms with Gasteiger partial charge in [0.25, 0.3) is 5.56 Å². The van der Waals surface area contributed by atoms with Gasteiger partial charge in [-0.25, -0.2) is 12.7 Å². The van der Waals surface area contributed by atoms with Crippen molar-refractivity contribution in [2.24, 2.45) is 5.92 Å². The van der Waals surface area contributed by atoms with Gasteiger partial charge in [-0.3, -0.25) is 9.59 Å². The van der Waals surface area contributed by atoms with Crippen molar-refractivity contribution in [1.82, 2.24) is 13.8 Å². The lowest BCUT2D eigenvalue weighted by Gasteiger charge is -2.41. The van der Waals surface area contributed by atoms with Crippen LogP contribution in [0, 0.1) is 5.92 Å². The minimum absolute atomic E-state index is 0.0152. The summed E-state index contributed by atoms with van der Waals surface area (Å²) in [5.74, 6) is -0.102. The molecule has 3 rings (SSSR count). The van der Waals surface area contributed by atoms with Gasteiger partial charge < -0.3 is 14.8 Å². The van der Waals surface area contributed by atoms with Crippen molar-refractivity contribution in [3.63, 3.8) is 0 Å². The van der Waals surface area contributed by atoms with E-state index in [0.29, 0.717) is 19.6 Å². The van der Waals surface area contributed by atoms with Crippen molar-refractivity contribution in [3.05, 3.63) is 28.2 Å². The van der Waals surface area contributed by atoms with Gasteiger partial charge >= 0.3 is 0 Å². The van der Waals surface area contributed by atoms with Gasteiger partial charge in [0.2, 0.25) is 15.9 Å². The first-order valence-corrected chi connectivity index (χ1v) is 10.1. The first kappa shape index (κ1) is 18.1. The third-order valence-electron chi connectivity index (χ3n) is 4.77. The predicted octanol–water partition coefficient (Wildman–Crippen LogP) is -0.273. The number of hydrogen-bond acceptors (Lipinski definition) is 5. The fraction of sp³-hybridized carbons (Fsp3) is 0.625. The minimum atomic E-state index is -3.23. The number of amides is 1. The van der Waals surface area contributed by atoms with Crippen LogP contribution in [0.3, 0.4) is 0 Å². The number of sulfonamides is 1. The molecule has 0 aromatic carbocycles. The topological polar surface area (TPSA) is 91.7 Å². The molecule has 0 aliphatic carbocycles. The molecule has 1 N–H and O–H groups in total. The fourth-order valence-electron chi connectivity index (χ4n) is 3.74. The Bertz CT molecular complexity index is 846. The predicted molar refractivity (Wildman–Crippen MR) is 95.2 cm³/mol. The number of pyridine rings is 1. The molecule has 1 aromatic heterocycles. The van der Waals surface area contributed by atoms with Crippen LogP contribution in [0.25, 0.3) is 0 Å². The molecule has 25 heavy (non-hydrogen) atoms. The Kier molecular flexibility index (Phi) is 4.74. The monoisotopic (exact) mass is 368 g/mol. The van der Waals surface area contributed by atoms with E-state index in [1.165, 1.54) is 10.6 Å². The zero-order chi connectivity index (χ0) is 18.4. The number of fused-ring (bicyclic) bond motifs is 4. The van der Waals surface area contributed by atoms with Crippen molar-refractivity contribution in [2.45, 2.75) is 18.9 Å². The second-order valence-electron chi connectivity index (χ2n) is 7.25. The van der Waals surface area contributed by atoms with E-state index in [1.54, 1.807) is 29.6 Å². The van der Waals surface area contributed by atoms with Crippen LogP contribution in [0.2, 0.25) is 0 Å². The summed E-state index contributed by atoms with van der Waals surface area (Å²) in [6.07, 6.45) is 2.11. The van der Waals surface area contributed by atoms with E-state index >= 15 is 0 Å². The van der Waals surface area contributed by atoms with Gasteiger partial charge in [0, 0.05) is 31.2 Å². The molecule has 138 valence electrons. The maximum atomic E-state index is 12.7. The maximum Gasteiger partial charge on any atom is 0.274 e. The maximum absolute atomic E-state index is 12.7. The van der Waals surface area contributed by atoms with Crippen LogP contribution >= 0.6 is 0 Å². The Balaban J connectivity index is 1.88. The Morgan fingerprint density at radius 2 is 2.00 bits per heavy atom. The number of aromatic nitrogens is 1. The number of carbonyl (C=O) groups excluding carboxylic acids is 1. The molecule has 1 amide bonds. The zero-order valence-corrected chi connectivity index (χ0v) is 15.5. The number of rotatable bonds is 4. The highest BCUT2D eigenvalue weighted by Gasteiger charge is 2.37. The smallest absolute Gasteiger partial charge is 0.274 e. The van der Waals surface area contributed by atoms with Crippen LogP contribution in [-0.2, 0) is 21.4 Å². The summed E-state index contributed by atoms with van der Waals surface area (Å²) in [5.41, 5.74) is 0.905. The van der Waals surface area contributed by atoms with E-state index in [-0.39, 0.29) is 35.5 Å². The SMILES string of the molecule is CN(C)CC(=O)Nc1ccc2n(c1=O)CC1CC2CN(S(C)(=O)=O)C1. The van der Waals surface area contributed by atoms with Crippen molar-refractivity contribution in [3.8, 4) is 0 Å². The highest BCUT2D eigenvalue weighted by molar-refractivity contribution is 7.88. The second-order valence-corrected chi connectivity index (χ2v) is 9.23. The number of likely N-dealkylation sites (N-methyl/N-ethyl adjacent to an activating group) is 1. The number of nitrogens with one attached hydrogen (secondary N) is 1. The second kappa shape index (κ2) is 6.54. The fourth-order valence-corrected chi connectivity index (χ4v) is 4.68. The lowest BCUT2D eigenvalue weighted by Crippen LogP contribution is -2.49. The van der Waals surface area contributed by atoms with Crippen molar-refractivity contribution < 1.29 is 13.2 Å².